The van der Waals surface area contributed by atoms with Gasteiger partial charge in [-0.05, 0) is 0 Å². The Morgan fingerprint density at radius 3 is 0.529 bits per heavy atom. The van der Waals surface area contributed by atoms with Crippen LogP contribution in [0.25, 0.3) is 0 Å². The summed E-state index contributed by atoms with van der Waals surface area (Å²) in [5.41, 5.74) is 0. The molecule has 0 bridgehead atoms. The standard InChI is InChI=1S/3ClHO4.K.H2S/c3*2-1(3,4)5;;/h3*(H,2,3,4,5);;1H2/q;;;+1;/p-1. The maximum atomic E-state index is 8.60. The molecule has 0 fully saturated rings. The predicted octanol–water partition coefficient (Wildman–Crippen LogP) is -15.9. The number of hydrogen-bond donors (Lipinski definition) is 2. The summed E-state index contributed by atoms with van der Waals surface area (Å²) in [6, 6.07) is 0. The fourth-order valence-electron chi connectivity index (χ4n) is 0. The first kappa shape index (κ1) is 31.7. The molecule has 0 aliphatic carbocycles. The summed E-state index contributed by atoms with van der Waals surface area (Å²) in [6.07, 6.45) is 0. The molecule has 2 N–H and O–H groups in total. The van der Waals surface area contributed by atoms with Gasteiger partial charge in [0.05, 0.1) is 29.8 Å². The molecule has 0 aromatic heterocycles. The van der Waals surface area contributed by atoms with E-state index in [1.807, 2.05) is 0 Å². The maximum Gasteiger partial charge on any atom is 1.00 e. The molecule has 0 aromatic carbocycles. The second-order valence-corrected chi connectivity index (χ2v) is 3.51. The van der Waals surface area contributed by atoms with Crippen LogP contribution < -0.4 is 98.0 Å². The molecule has 0 heterocycles. The molecule has 0 aromatic rings. The van der Waals surface area contributed by atoms with Gasteiger partial charge in [-0.3, -0.25) is 0 Å². The van der Waals surface area contributed by atoms with Crippen LogP contribution in [0, 0.1) is 30.7 Å². The van der Waals surface area contributed by atoms with Gasteiger partial charge in [0, 0.05) is 0 Å². The molecule has 0 atom stereocenters. The smallest absolute Gasteiger partial charge is 0.222 e. The summed E-state index contributed by atoms with van der Waals surface area (Å²) in [7, 11) is -14.3. The van der Waals surface area contributed by atoms with E-state index in [2.05, 4.69) is 0 Å². The monoisotopic (exact) mass is 372 g/mol. The van der Waals surface area contributed by atoms with Gasteiger partial charge in [-0.1, -0.05) is 0 Å². The van der Waals surface area contributed by atoms with Gasteiger partial charge in [0.2, 0.25) is 0 Å². The maximum absolute atomic E-state index is 8.60. The third-order valence-electron chi connectivity index (χ3n) is 0. The topological polar surface area (TPSA) is 271 Å². The molecule has 0 amide bonds. The molecular formula is H4Cl3KO12S. The van der Waals surface area contributed by atoms with Crippen molar-refractivity contribution in [3.63, 3.8) is 0 Å². The first-order valence-electron chi connectivity index (χ1n) is 1.88. The second-order valence-electron chi connectivity index (χ2n) is 1.17. The number of halogens is 3. The van der Waals surface area contributed by atoms with Gasteiger partial charge in [-0.25, -0.2) is 18.6 Å². The van der Waals surface area contributed by atoms with Crippen LogP contribution in [-0.4, -0.2) is 9.32 Å². The molecule has 0 aliphatic heterocycles. The van der Waals surface area contributed by atoms with Crippen molar-refractivity contribution in [1.82, 2.24) is 0 Å². The molecule has 0 saturated heterocycles. The van der Waals surface area contributed by atoms with Crippen molar-refractivity contribution in [2.75, 3.05) is 0 Å². The van der Waals surface area contributed by atoms with Crippen molar-refractivity contribution < 1.29 is 138 Å². The Labute approximate surface area is 149 Å². The van der Waals surface area contributed by atoms with Crippen molar-refractivity contribution in [2.45, 2.75) is 0 Å². The largest absolute Gasteiger partial charge is 1.00 e. The van der Waals surface area contributed by atoms with E-state index in [1.54, 1.807) is 0 Å². The van der Waals surface area contributed by atoms with Crippen LogP contribution in [-0.2, 0) is 0 Å². The molecule has 0 radical (unpaired) electrons. The Bertz CT molecular complexity index is 96.8. The summed E-state index contributed by atoms with van der Waals surface area (Å²) >= 11 is 0. The predicted molar refractivity (Wildman–Crippen MR) is 14.8 cm³/mol. The summed E-state index contributed by atoms with van der Waals surface area (Å²) in [5.74, 6) is 0. The van der Waals surface area contributed by atoms with Crippen LogP contribution in [0.5, 0.6) is 0 Å². The van der Waals surface area contributed by atoms with Crippen LogP contribution in [0.2, 0.25) is 0 Å². The van der Waals surface area contributed by atoms with E-state index in [4.69, 9.17) is 55.9 Å². The fourth-order valence-corrected chi connectivity index (χ4v) is 0. The van der Waals surface area contributed by atoms with Crippen molar-refractivity contribution in [2.24, 2.45) is 0 Å². The van der Waals surface area contributed by atoms with Crippen LogP contribution in [0.4, 0.5) is 0 Å². The van der Waals surface area contributed by atoms with Gasteiger partial charge in [0.15, 0.2) is 0 Å². The third kappa shape index (κ3) is 873. The van der Waals surface area contributed by atoms with Crippen LogP contribution >= 0.6 is 13.5 Å². The van der Waals surface area contributed by atoms with E-state index in [0.29, 0.717) is 0 Å². The molecule has 104 valence electrons. The summed E-state index contributed by atoms with van der Waals surface area (Å²) in [6.45, 7) is 0. The summed E-state index contributed by atoms with van der Waals surface area (Å²) in [4.78, 5) is 0. The van der Waals surface area contributed by atoms with Gasteiger partial charge >= 0.3 is 51.4 Å². The number of rotatable bonds is 0. The molecule has 0 aliphatic rings. The van der Waals surface area contributed by atoms with Crippen LogP contribution in [0.15, 0.2) is 0 Å². The Hall–Kier alpha value is 2.38. The summed E-state index contributed by atoms with van der Waals surface area (Å²) < 4.78 is 99.4. The van der Waals surface area contributed by atoms with Crippen LogP contribution in [0.3, 0.4) is 0 Å². The van der Waals surface area contributed by atoms with E-state index in [9.17, 15) is 0 Å². The van der Waals surface area contributed by atoms with E-state index in [0.717, 1.165) is 0 Å². The van der Waals surface area contributed by atoms with E-state index in [1.165, 1.54) is 0 Å². The SMILES string of the molecule is S.[K+].[O-][Cl+3]([O-])([O-])O.[O-][Cl+3]([O-])([O-])O.[O-][Cl+3]([O-])([O-])[O-]. The van der Waals surface area contributed by atoms with Crippen molar-refractivity contribution in [3.05, 3.63) is 0 Å². The fraction of sp³-hybridized carbons (Fsp3) is 0. The van der Waals surface area contributed by atoms with Crippen molar-refractivity contribution in [3.8, 4) is 0 Å². The van der Waals surface area contributed by atoms with Gasteiger partial charge in [0.1, 0.15) is 0 Å². The molecule has 0 spiro atoms. The Morgan fingerprint density at radius 2 is 0.529 bits per heavy atom. The van der Waals surface area contributed by atoms with E-state index >= 15 is 0 Å². The molecule has 0 saturated carbocycles. The molecule has 0 unspecified atom stereocenters. The first-order chi connectivity index (χ1) is 6.00. The van der Waals surface area contributed by atoms with E-state index < -0.39 is 30.7 Å². The zero-order valence-electron chi connectivity index (χ0n) is 7.61. The van der Waals surface area contributed by atoms with E-state index in [-0.39, 0.29) is 64.9 Å². The zero-order chi connectivity index (χ0) is 13.5. The van der Waals surface area contributed by atoms with Gasteiger partial charge in [-0.15, -0.1) is 10.2 Å². The minimum absolute atomic E-state index is 0. The quantitative estimate of drug-likeness (QED) is 0.374. The Balaban J connectivity index is -0.0000000400. The van der Waals surface area contributed by atoms with Gasteiger partial charge in [-0.2, -0.15) is 41.4 Å². The van der Waals surface area contributed by atoms with Crippen molar-refractivity contribution in [1.29, 1.82) is 0 Å². The first-order valence-corrected chi connectivity index (χ1v) is 5.64. The van der Waals surface area contributed by atoms with Crippen LogP contribution in [0.1, 0.15) is 0 Å². The second kappa shape index (κ2) is 13.4. The molecular weight excluding hydrogens is 370 g/mol. The molecule has 0 rings (SSSR count). The van der Waals surface area contributed by atoms with Gasteiger partial charge in [0.25, 0.3) is 0 Å². The van der Waals surface area contributed by atoms with Crippen molar-refractivity contribution >= 4 is 13.5 Å². The van der Waals surface area contributed by atoms with Gasteiger partial charge < -0.3 is 0 Å². The summed E-state index contributed by atoms with van der Waals surface area (Å²) in [5, 5.41) is 0. The zero-order valence-corrected chi connectivity index (χ0v) is 14.0. The minimum Gasteiger partial charge on any atom is -0.222 e. The third-order valence-corrected chi connectivity index (χ3v) is 0. The Morgan fingerprint density at radius 1 is 0.529 bits per heavy atom. The normalized spacial score (nSPS) is 10.6. The average Bonchev–Trinajstić information content (AvgIpc) is 1.41. The molecule has 12 nitrogen and oxygen atoms in total. The Kier molecular flexibility index (Phi) is 24.9. The number of hydrogen-bond acceptors (Lipinski definition) is 12. The minimum atomic E-state index is -4.94. The average molecular weight is 374 g/mol. The molecule has 17 heavy (non-hydrogen) atoms. The molecule has 17 heteroatoms.